The minimum atomic E-state index is -2.94. The minimum absolute atomic E-state index is 0.0704. The quantitative estimate of drug-likeness (QED) is 0.239. The summed E-state index contributed by atoms with van der Waals surface area (Å²) in [4.78, 5) is 26.6. The Kier molecular flexibility index (Phi) is 7.08. The molecule has 1 saturated heterocycles. The number of hydrogen-bond acceptors (Lipinski definition) is 7. The molecule has 2 heterocycles. The average Bonchev–Trinajstić information content (AvgIpc) is 3.62. The predicted molar refractivity (Wildman–Crippen MR) is 157 cm³/mol. The smallest absolute Gasteiger partial charge is 0.287 e. The van der Waals surface area contributed by atoms with E-state index in [1.807, 2.05) is 30.3 Å². The Morgan fingerprint density at radius 2 is 1.49 bits per heavy atom. The first-order valence-corrected chi connectivity index (χ1v) is 16.2. The molecule has 2 amide bonds. The van der Waals surface area contributed by atoms with Crippen LogP contribution < -0.4 is 10.6 Å². The number of furan rings is 1. The standard InChI is InChI=1S/C31H33F2N3O6S/c32-31(33)11-9-29(10-12-31,27(38)36-28(19-34)7-8-28)35-26(37)25-18-22-2-1-21(17-24(22)42-25)20-3-5-23(6-4-20)30(39)13-15-43(40,41)16-14-30/h1-6,17-18,39-41H,7-16H2,(H,35,37)(H,36,38). The maximum absolute atomic E-state index is 14.0. The molecule has 3 fully saturated rings. The topological polar surface area (TPSA) is 156 Å². The molecule has 0 unspecified atom stereocenters. The first kappa shape index (κ1) is 29.6. The molecule has 0 radical (unpaired) electrons. The second-order valence-corrected chi connectivity index (χ2v) is 14.6. The lowest BCUT2D eigenvalue weighted by atomic mass is 9.78. The largest absolute Gasteiger partial charge is 0.451 e. The molecule has 0 spiro atoms. The number of nitrogens with one attached hydrogen (secondary N) is 2. The molecule has 3 aromatic rings. The molecule has 2 aliphatic carbocycles. The summed E-state index contributed by atoms with van der Waals surface area (Å²) < 4.78 is 53.7. The molecule has 3 aliphatic rings. The number of halogens is 2. The molecule has 2 aromatic carbocycles. The van der Waals surface area contributed by atoms with E-state index < -0.39 is 57.8 Å². The molecule has 228 valence electrons. The van der Waals surface area contributed by atoms with Crippen molar-refractivity contribution < 1.29 is 37.0 Å². The monoisotopic (exact) mass is 613 g/mol. The highest BCUT2D eigenvalue weighted by Crippen LogP contribution is 2.50. The van der Waals surface area contributed by atoms with E-state index in [9.17, 15) is 37.8 Å². The Morgan fingerprint density at radius 1 is 0.860 bits per heavy atom. The summed E-state index contributed by atoms with van der Waals surface area (Å²) in [5.74, 6) is -4.02. The third-order valence-corrected chi connectivity index (χ3v) is 10.8. The van der Waals surface area contributed by atoms with Crippen molar-refractivity contribution in [2.24, 2.45) is 0 Å². The lowest BCUT2D eigenvalue weighted by Gasteiger charge is -2.43. The highest BCUT2D eigenvalue weighted by molar-refractivity contribution is 8.24. The van der Waals surface area contributed by atoms with Gasteiger partial charge in [0, 0.05) is 29.7 Å². The van der Waals surface area contributed by atoms with Gasteiger partial charge in [0.15, 0.2) is 5.76 Å². The van der Waals surface area contributed by atoms with Crippen molar-refractivity contribution in [1.29, 1.82) is 5.26 Å². The van der Waals surface area contributed by atoms with E-state index in [2.05, 4.69) is 16.7 Å². The van der Waals surface area contributed by atoms with Crippen molar-refractivity contribution in [1.82, 2.24) is 10.6 Å². The zero-order valence-corrected chi connectivity index (χ0v) is 24.2. The first-order chi connectivity index (χ1) is 20.3. The molecule has 0 atom stereocenters. The fraction of sp³-hybridized carbons (Fsp3) is 0.452. The zero-order valence-electron chi connectivity index (χ0n) is 23.4. The zero-order chi connectivity index (χ0) is 30.7. The number of nitriles is 1. The number of alkyl halides is 2. The lowest BCUT2D eigenvalue weighted by Crippen LogP contribution is -2.62. The molecule has 1 aliphatic heterocycles. The van der Waals surface area contributed by atoms with E-state index in [1.54, 1.807) is 12.1 Å². The summed E-state index contributed by atoms with van der Waals surface area (Å²) in [5, 5.41) is 26.4. The number of hydrogen-bond donors (Lipinski definition) is 5. The number of carbonyl (C=O) groups is 2. The van der Waals surface area contributed by atoms with Crippen molar-refractivity contribution in [2.45, 2.75) is 74.0 Å². The van der Waals surface area contributed by atoms with Crippen LogP contribution in [0, 0.1) is 11.3 Å². The van der Waals surface area contributed by atoms with Gasteiger partial charge in [-0.05, 0) is 67.3 Å². The molecule has 5 N–H and O–H groups in total. The van der Waals surface area contributed by atoms with Gasteiger partial charge in [-0.25, -0.2) is 8.78 Å². The molecule has 12 heteroatoms. The van der Waals surface area contributed by atoms with Crippen LogP contribution in [0.3, 0.4) is 0 Å². The van der Waals surface area contributed by atoms with Crippen LogP contribution in [-0.2, 0) is 10.4 Å². The van der Waals surface area contributed by atoms with Crippen molar-refractivity contribution in [3.63, 3.8) is 0 Å². The van der Waals surface area contributed by atoms with Crippen molar-refractivity contribution in [3.8, 4) is 17.2 Å². The van der Waals surface area contributed by atoms with Gasteiger partial charge in [0.2, 0.25) is 11.8 Å². The molecule has 2 saturated carbocycles. The maximum atomic E-state index is 14.0. The summed E-state index contributed by atoms with van der Waals surface area (Å²) >= 11 is 0. The van der Waals surface area contributed by atoms with Crippen LogP contribution in [0.4, 0.5) is 8.78 Å². The predicted octanol–water partition coefficient (Wildman–Crippen LogP) is 5.68. The van der Waals surface area contributed by atoms with Crippen LogP contribution in [-0.4, -0.2) is 54.5 Å². The van der Waals surface area contributed by atoms with E-state index >= 15 is 0 Å². The van der Waals surface area contributed by atoms with Gasteiger partial charge in [0.25, 0.3) is 5.91 Å². The van der Waals surface area contributed by atoms with Crippen molar-refractivity contribution >= 4 is 33.4 Å². The van der Waals surface area contributed by atoms with Gasteiger partial charge in [-0.1, -0.05) is 36.4 Å². The highest BCUT2D eigenvalue weighted by atomic mass is 32.3. The van der Waals surface area contributed by atoms with Crippen LogP contribution in [0.25, 0.3) is 22.1 Å². The SMILES string of the molecule is N#CC1(NC(=O)C2(NC(=O)c3cc4ccc(-c5ccc(C6(O)CCS(O)(O)CC6)cc5)cc4o3)CCC(F)(F)CC2)CC1. The van der Waals surface area contributed by atoms with E-state index in [0.717, 1.165) is 11.1 Å². The molecule has 43 heavy (non-hydrogen) atoms. The van der Waals surface area contributed by atoms with Gasteiger partial charge in [-0.15, -0.1) is 0 Å². The van der Waals surface area contributed by atoms with Crippen LogP contribution in [0.1, 0.15) is 67.5 Å². The summed E-state index contributed by atoms with van der Waals surface area (Å²) in [7, 11) is -2.63. The second-order valence-electron chi connectivity index (χ2n) is 12.2. The van der Waals surface area contributed by atoms with Gasteiger partial charge in [0.05, 0.1) is 11.7 Å². The first-order valence-electron chi connectivity index (χ1n) is 14.3. The number of rotatable bonds is 6. The molecule has 0 bridgehead atoms. The normalized spacial score (nSPS) is 23.4. The summed E-state index contributed by atoms with van der Waals surface area (Å²) in [5.41, 5.74) is -0.977. The number of carbonyl (C=O) groups excluding carboxylic acids is 2. The fourth-order valence-electron chi connectivity index (χ4n) is 5.93. The number of amides is 2. The fourth-order valence-corrected chi connectivity index (χ4v) is 7.47. The summed E-state index contributed by atoms with van der Waals surface area (Å²) in [6.45, 7) is 0. The van der Waals surface area contributed by atoms with Crippen LogP contribution in [0.15, 0.2) is 52.9 Å². The Hall–Kier alpha value is -3.50. The van der Waals surface area contributed by atoms with Crippen LogP contribution in [0.5, 0.6) is 0 Å². The Morgan fingerprint density at radius 3 is 2.09 bits per heavy atom. The summed E-state index contributed by atoms with van der Waals surface area (Å²) in [6, 6.07) is 16.3. The highest BCUT2D eigenvalue weighted by Gasteiger charge is 2.53. The second kappa shape index (κ2) is 10.3. The Balaban J connectivity index is 1.20. The minimum Gasteiger partial charge on any atom is -0.451 e. The van der Waals surface area contributed by atoms with Gasteiger partial charge in [-0.3, -0.25) is 18.7 Å². The van der Waals surface area contributed by atoms with Gasteiger partial charge < -0.3 is 20.2 Å². The van der Waals surface area contributed by atoms with E-state index in [1.165, 1.54) is 6.07 Å². The van der Waals surface area contributed by atoms with Gasteiger partial charge in [0.1, 0.15) is 16.7 Å². The molecule has 9 nitrogen and oxygen atoms in total. The number of fused-ring (bicyclic) bond motifs is 1. The molecule has 6 rings (SSSR count). The molecular formula is C31H33F2N3O6S. The molecular weight excluding hydrogens is 580 g/mol. The number of nitrogens with zero attached hydrogens (tertiary/aromatic N) is 1. The third kappa shape index (κ3) is 5.87. The van der Waals surface area contributed by atoms with E-state index in [4.69, 9.17) is 4.42 Å². The lowest BCUT2D eigenvalue weighted by molar-refractivity contribution is -0.133. The van der Waals surface area contributed by atoms with Gasteiger partial charge in [-0.2, -0.15) is 15.9 Å². The summed E-state index contributed by atoms with van der Waals surface area (Å²) in [6.07, 6.45) is -0.187. The van der Waals surface area contributed by atoms with E-state index in [-0.39, 0.29) is 42.9 Å². The van der Waals surface area contributed by atoms with Gasteiger partial charge >= 0.3 is 0 Å². The Labute approximate surface area is 248 Å². The number of benzene rings is 2. The molecule has 1 aromatic heterocycles. The Bertz CT molecular complexity index is 1610. The van der Waals surface area contributed by atoms with Crippen LogP contribution in [0.2, 0.25) is 0 Å². The number of aliphatic hydroxyl groups is 1. The van der Waals surface area contributed by atoms with Crippen molar-refractivity contribution in [2.75, 3.05) is 11.5 Å². The average molecular weight is 614 g/mol. The third-order valence-electron chi connectivity index (χ3n) is 9.12. The maximum Gasteiger partial charge on any atom is 0.287 e. The van der Waals surface area contributed by atoms with Crippen LogP contribution >= 0.6 is 10.6 Å². The van der Waals surface area contributed by atoms with Crippen molar-refractivity contribution in [3.05, 3.63) is 59.9 Å². The van der Waals surface area contributed by atoms with E-state index in [0.29, 0.717) is 29.4 Å².